The van der Waals surface area contributed by atoms with E-state index in [0.717, 1.165) is 53.2 Å². The van der Waals surface area contributed by atoms with Crippen LogP contribution in [0.15, 0.2) is 79.1 Å². The van der Waals surface area contributed by atoms with Gasteiger partial charge in [-0.25, -0.2) is 0 Å². The van der Waals surface area contributed by atoms with Crippen LogP contribution in [0.5, 0.6) is 11.5 Å². The van der Waals surface area contributed by atoms with Gasteiger partial charge in [0.05, 0.1) is 0 Å². The Morgan fingerprint density at radius 2 is 1.62 bits per heavy atom. The fourth-order valence-corrected chi connectivity index (χ4v) is 5.05. The molecule has 0 unspecified atom stereocenters. The molecular weight excluding hydrogens is 492 g/mol. The maximum absolute atomic E-state index is 13.1. The van der Waals surface area contributed by atoms with Crippen LogP contribution in [-0.4, -0.2) is 59.6 Å². The molecule has 8 nitrogen and oxygen atoms in total. The van der Waals surface area contributed by atoms with Crippen molar-refractivity contribution in [3.63, 3.8) is 0 Å². The van der Waals surface area contributed by atoms with Gasteiger partial charge in [-0.05, 0) is 65.4 Å². The van der Waals surface area contributed by atoms with Crippen molar-refractivity contribution in [3.8, 4) is 11.5 Å². The van der Waals surface area contributed by atoms with Gasteiger partial charge in [0.15, 0.2) is 11.5 Å². The van der Waals surface area contributed by atoms with Crippen LogP contribution >= 0.6 is 0 Å². The lowest BCUT2D eigenvalue weighted by Gasteiger charge is -2.34. The van der Waals surface area contributed by atoms with Crippen LogP contribution in [0.2, 0.25) is 0 Å². The van der Waals surface area contributed by atoms with Crippen LogP contribution in [0.25, 0.3) is 10.8 Å². The van der Waals surface area contributed by atoms with E-state index < -0.39 is 0 Å². The number of carbonyl (C=O) groups is 2. The van der Waals surface area contributed by atoms with E-state index in [1.165, 1.54) is 5.56 Å². The molecule has 8 heteroatoms. The number of ether oxygens (including phenoxy) is 2. The lowest BCUT2D eigenvalue weighted by atomic mass is 10.1. The molecule has 0 bridgehead atoms. The van der Waals surface area contributed by atoms with Gasteiger partial charge in [0, 0.05) is 68.2 Å². The van der Waals surface area contributed by atoms with Gasteiger partial charge in [0.1, 0.15) is 0 Å². The summed E-state index contributed by atoms with van der Waals surface area (Å²) in [4.78, 5) is 34.0. The van der Waals surface area contributed by atoms with Crippen LogP contribution in [0.4, 0.5) is 5.69 Å². The Hall–Kier alpha value is -4.43. The number of nitrogens with zero attached hydrogens (tertiary/aromatic N) is 3. The van der Waals surface area contributed by atoms with Gasteiger partial charge < -0.3 is 19.7 Å². The number of piperazine rings is 1. The van der Waals surface area contributed by atoms with Crippen LogP contribution in [-0.2, 0) is 17.8 Å². The summed E-state index contributed by atoms with van der Waals surface area (Å²) in [7, 11) is 0. The van der Waals surface area contributed by atoms with Crippen molar-refractivity contribution in [3.05, 3.63) is 95.8 Å². The summed E-state index contributed by atoms with van der Waals surface area (Å²) in [6.45, 7) is 4.12. The molecule has 0 atom stereocenters. The maximum Gasteiger partial charge on any atom is 0.253 e. The number of amides is 2. The second kappa shape index (κ2) is 11.1. The lowest BCUT2D eigenvalue weighted by Crippen LogP contribution is -2.48. The van der Waals surface area contributed by atoms with E-state index in [0.29, 0.717) is 31.5 Å². The predicted octanol–water partition coefficient (Wildman–Crippen LogP) is 4.49. The van der Waals surface area contributed by atoms with Gasteiger partial charge in [-0.3, -0.25) is 19.5 Å². The van der Waals surface area contributed by atoms with E-state index in [1.54, 1.807) is 12.4 Å². The van der Waals surface area contributed by atoms with Gasteiger partial charge in [0.2, 0.25) is 12.7 Å². The van der Waals surface area contributed by atoms with Crippen LogP contribution in [0.3, 0.4) is 0 Å². The van der Waals surface area contributed by atoms with E-state index in [9.17, 15) is 9.59 Å². The number of carbonyl (C=O) groups excluding carboxylic acids is 2. The zero-order chi connectivity index (χ0) is 26.6. The fraction of sp³-hybridized carbons (Fsp3) is 0.258. The molecule has 0 spiro atoms. The number of aromatic nitrogens is 1. The molecule has 2 aliphatic heterocycles. The topological polar surface area (TPSA) is 84.0 Å². The minimum absolute atomic E-state index is 0.0397. The first kappa shape index (κ1) is 24.9. The zero-order valence-corrected chi connectivity index (χ0v) is 21.6. The van der Waals surface area contributed by atoms with E-state index in [4.69, 9.17) is 9.47 Å². The number of benzene rings is 3. The SMILES string of the molecule is O=C(CCc1ccc(C(=O)N2CCN(Cc3ccc4c(c3)OCO4)CC2)cc1)Nc1ccc2cnccc2c1. The third kappa shape index (κ3) is 5.86. The average Bonchev–Trinajstić information content (AvgIpc) is 3.44. The number of hydrogen-bond donors (Lipinski definition) is 1. The Morgan fingerprint density at radius 1 is 0.821 bits per heavy atom. The summed E-state index contributed by atoms with van der Waals surface area (Å²) in [5.74, 6) is 1.60. The number of aryl methyl sites for hydroxylation is 1. The smallest absolute Gasteiger partial charge is 0.253 e. The van der Waals surface area contributed by atoms with Gasteiger partial charge in [-0.1, -0.05) is 24.3 Å². The molecule has 3 aromatic carbocycles. The molecule has 198 valence electrons. The lowest BCUT2D eigenvalue weighted by molar-refractivity contribution is -0.116. The molecule has 0 aliphatic carbocycles. The molecule has 1 saturated heterocycles. The van der Waals surface area contributed by atoms with Crippen molar-refractivity contribution in [1.82, 2.24) is 14.8 Å². The standard InChI is InChI=1S/C31H30N4O4/c36-30(33-27-8-7-26-19-32-12-11-25(26)18-27)10-4-22-1-5-24(6-2-22)31(37)35-15-13-34(14-16-35)20-23-3-9-28-29(17-23)39-21-38-28/h1-3,5-9,11-12,17-19H,4,10,13-16,20-21H2,(H,33,36). The molecule has 0 radical (unpaired) electrons. The van der Waals surface area contributed by atoms with Crippen molar-refractivity contribution < 1.29 is 19.1 Å². The Balaban J connectivity index is 0.965. The van der Waals surface area contributed by atoms with Crippen molar-refractivity contribution in [1.29, 1.82) is 0 Å². The molecule has 1 N–H and O–H groups in total. The van der Waals surface area contributed by atoms with Crippen molar-refractivity contribution in [2.24, 2.45) is 0 Å². The molecule has 4 aromatic rings. The quantitative estimate of drug-likeness (QED) is 0.385. The minimum atomic E-state index is -0.0397. The number of nitrogens with one attached hydrogen (secondary N) is 1. The Morgan fingerprint density at radius 3 is 2.46 bits per heavy atom. The molecule has 1 aromatic heterocycles. The summed E-state index contributed by atoms with van der Waals surface area (Å²) in [5.41, 5.74) is 3.66. The fourth-order valence-electron chi connectivity index (χ4n) is 5.05. The predicted molar refractivity (Wildman–Crippen MR) is 149 cm³/mol. The van der Waals surface area contributed by atoms with Crippen molar-refractivity contribution in [2.45, 2.75) is 19.4 Å². The number of rotatable bonds is 7. The summed E-state index contributed by atoms with van der Waals surface area (Å²) in [6, 6.07) is 21.4. The number of hydrogen-bond acceptors (Lipinski definition) is 6. The molecule has 39 heavy (non-hydrogen) atoms. The second-order valence-electron chi connectivity index (χ2n) is 9.94. The third-order valence-electron chi connectivity index (χ3n) is 7.27. The zero-order valence-electron chi connectivity index (χ0n) is 21.6. The first-order chi connectivity index (χ1) is 19.1. The first-order valence-electron chi connectivity index (χ1n) is 13.2. The molecule has 2 amide bonds. The first-order valence-corrected chi connectivity index (χ1v) is 13.2. The van der Waals surface area contributed by atoms with Crippen LogP contribution in [0, 0.1) is 0 Å². The highest BCUT2D eigenvalue weighted by atomic mass is 16.7. The van der Waals surface area contributed by atoms with Crippen molar-refractivity contribution >= 4 is 28.3 Å². The highest BCUT2D eigenvalue weighted by Gasteiger charge is 2.23. The summed E-state index contributed by atoms with van der Waals surface area (Å²) >= 11 is 0. The van der Waals surface area contributed by atoms with Crippen LogP contribution in [0.1, 0.15) is 27.9 Å². The number of fused-ring (bicyclic) bond motifs is 2. The Bertz CT molecular complexity index is 1500. The Kier molecular flexibility index (Phi) is 7.10. The van der Waals surface area contributed by atoms with Gasteiger partial charge in [-0.15, -0.1) is 0 Å². The molecular formula is C31H30N4O4. The second-order valence-corrected chi connectivity index (χ2v) is 9.94. The highest BCUT2D eigenvalue weighted by molar-refractivity contribution is 5.95. The maximum atomic E-state index is 13.1. The third-order valence-corrected chi connectivity index (χ3v) is 7.27. The van der Waals surface area contributed by atoms with E-state index in [2.05, 4.69) is 21.3 Å². The van der Waals surface area contributed by atoms with Crippen LogP contribution < -0.4 is 14.8 Å². The van der Waals surface area contributed by atoms with Gasteiger partial charge >= 0.3 is 0 Å². The number of anilines is 1. The largest absolute Gasteiger partial charge is 0.454 e. The van der Waals surface area contributed by atoms with E-state index in [-0.39, 0.29) is 18.6 Å². The molecule has 3 heterocycles. The van der Waals surface area contributed by atoms with E-state index in [1.807, 2.05) is 65.6 Å². The minimum Gasteiger partial charge on any atom is -0.454 e. The monoisotopic (exact) mass is 522 g/mol. The summed E-state index contributed by atoms with van der Waals surface area (Å²) < 4.78 is 10.9. The summed E-state index contributed by atoms with van der Waals surface area (Å²) in [6.07, 6.45) is 4.52. The highest BCUT2D eigenvalue weighted by Crippen LogP contribution is 2.33. The molecule has 1 fully saturated rings. The Labute approximate surface area is 227 Å². The molecule has 2 aliphatic rings. The number of pyridine rings is 1. The average molecular weight is 523 g/mol. The summed E-state index contributed by atoms with van der Waals surface area (Å²) in [5, 5.41) is 5.04. The van der Waals surface area contributed by atoms with Crippen molar-refractivity contribution in [2.75, 3.05) is 38.3 Å². The van der Waals surface area contributed by atoms with Gasteiger partial charge in [-0.2, -0.15) is 0 Å². The molecule has 6 rings (SSSR count). The van der Waals surface area contributed by atoms with Gasteiger partial charge in [0.25, 0.3) is 5.91 Å². The van der Waals surface area contributed by atoms with E-state index >= 15 is 0 Å². The molecule has 0 saturated carbocycles. The normalized spacial score (nSPS) is 14.9.